The number of halogens is 1. The first-order valence-corrected chi connectivity index (χ1v) is 7.35. The molecule has 0 aliphatic rings. The summed E-state index contributed by atoms with van der Waals surface area (Å²) in [6.45, 7) is 0. The number of aromatic nitrogens is 2. The maximum Gasteiger partial charge on any atom is 0.416 e. The Bertz CT molecular complexity index is 842. The summed E-state index contributed by atoms with van der Waals surface area (Å²) in [5.74, 6) is -0.0832. The smallest absolute Gasteiger partial charge is 0.391 e. The molecule has 0 spiro atoms. The second kappa shape index (κ2) is 6.54. The first kappa shape index (κ1) is 15.7. The highest BCUT2D eigenvalue weighted by atomic mass is 19.1. The van der Waals surface area contributed by atoms with E-state index in [9.17, 15) is 9.18 Å². The van der Waals surface area contributed by atoms with Crippen molar-refractivity contribution in [3.8, 4) is 22.8 Å². The van der Waals surface area contributed by atoms with Crippen molar-refractivity contribution in [3.63, 3.8) is 0 Å². The highest BCUT2D eigenvalue weighted by Crippen LogP contribution is 2.26. The minimum Gasteiger partial charge on any atom is -0.391 e. The van der Waals surface area contributed by atoms with Crippen molar-refractivity contribution in [1.82, 2.24) is 14.7 Å². The lowest BCUT2D eigenvalue weighted by atomic mass is 10.2. The number of hydrogen-bond acceptors (Lipinski definition) is 3. The third-order valence-electron chi connectivity index (χ3n) is 3.37. The van der Waals surface area contributed by atoms with Crippen LogP contribution in [0.5, 0.6) is 5.88 Å². The van der Waals surface area contributed by atoms with Gasteiger partial charge in [-0.15, -0.1) is 0 Å². The first-order chi connectivity index (χ1) is 11.5. The van der Waals surface area contributed by atoms with Gasteiger partial charge >= 0.3 is 6.09 Å². The molecule has 0 aliphatic carbocycles. The van der Waals surface area contributed by atoms with E-state index in [2.05, 4.69) is 5.10 Å². The van der Waals surface area contributed by atoms with Crippen LogP contribution in [-0.2, 0) is 0 Å². The summed E-state index contributed by atoms with van der Waals surface area (Å²) in [5, 5.41) is 4.49. The van der Waals surface area contributed by atoms with E-state index < -0.39 is 6.09 Å². The molecule has 0 aliphatic heterocycles. The third kappa shape index (κ3) is 3.27. The standard InChI is InChI=1S/C18H16FN3O2/c1-21(2)18(23)24-17-12-16(13-6-4-3-5-7-13)20-22(17)15-10-8-14(19)9-11-15/h3-12H,1-2H3. The average molecular weight is 325 g/mol. The number of nitrogens with zero attached hydrogens (tertiary/aromatic N) is 3. The van der Waals surface area contributed by atoms with Crippen LogP contribution in [0.25, 0.3) is 16.9 Å². The number of ether oxygens (including phenoxy) is 1. The quantitative estimate of drug-likeness (QED) is 0.737. The average Bonchev–Trinajstić information content (AvgIpc) is 3.00. The highest BCUT2D eigenvalue weighted by molar-refractivity contribution is 5.71. The highest BCUT2D eigenvalue weighted by Gasteiger charge is 2.16. The van der Waals surface area contributed by atoms with E-state index in [1.165, 1.54) is 21.7 Å². The second-order valence-corrected chi connectivity index (χ2v) is 5.38. The van der Waals surface area contributed by atoms with E-state index in [1.807, 2.05) is 30.3 Å². The molecule has 0 fully saturated rings. The van der Waals surface area contributed by atoms with Gasteiger partial charge in [0.25, 0.3) is 0 Å². The van der Waals surface area contributed by atoms with Crippen molar-refractivity contribution in [3.05, 3.63) is 66.5 Å². The summed E-state index contributed by atoms with van der Waals surface area (Å²) in [6, 6.07) is 17.0. The first-order valence-electron chi connectivity index (χ1n) is 7.35. The molecule has 0 saturated carbocycles. The van der Waals surface area contributed by atoms with Gasteiger partial charge in [-0.3, -0.25) is 0 Å². The van der Waals surface area contributed by atoms with E-state index in [4.69, 9.17) is 4.74 Å². The predicted octanol–water partition coefficient (Wildman–Crippen LogP) is 3.74. The van der Waals surface area contributed by atoms with Gasteiger partial charge < -0.3 is 9.64 Å². The summed E-state index contributed by atoms with van der Waals surface area (Å²) in [4.78, 5) is 13.2. The second-order valence-electron chi connectivity index (χ2n) is 5.38. The molecule has 3 aromatic rings. The van der Waals surface area contributed by atoms with Crippen molar-refractivity contribution in [2.45, 2.75) is 0 Å². The Morgan fingerprint density at radius 3 is 2.38 bits per heavy atom. The van der Waals surface area contributed by atoms with Crippen molar-refractivity contribution >= 4 is 6.09 Å². The van der Waals surface area contributed by atoms with Crippen LogP contribution in [0.1, 0.15) is 0 Å². The number of benzene rings is 2. The van der Waals surface area contributed by atoms with Gasteiger partial charge in [0.15, 0.2) is 0 Å². The molecule has 1 aromatic heterocycles. The summed E-state index contributed by atoms with van der Waals surface area (Å²) >= 11 is 0. The van der Waals surface area contributed by atoms with Gasteiger partial charge in [0.2, 0.25) is 5.88 Å². The zero-order valence-electron chi connectivity index (χ0n) is 13.3. The fraction of sp³-hybridized carbons (Fsp3) is 0.111. The van der Waals surface area contributed by atoms with E-state index in [0.717, 1.165) is 5.56 Å². The Balaban J connectivity index is 2.06. The van der Waals surface area contributed by atoms with Crippen LogP contribution in [0.2, 0.25) is 0 Å². The molecular weight excluding hydrogens is 309 g/mol. The number of carbonyl (C=O) groups excluding carboxylic acids is 1. The molecule has 5 nitrogen and oxygen atoms in total. The van der Waals surface area contributed by atoms with Crippen molar-refractivity contribution in [2.24, 2.45) is 0 Å². The molecule has 0 saturated heterocycles. The molecule has 0 atom stereocenters. The van der Waals surface area contributed by atoms with Crippen LogP contribution in [-0.4, -0.2) is 34.9 Å². The maximum absolute atomic E-state index is 13.2. The Morgan fingerprint density at radius 1 is 1.08 bits per heavy atom. The largest absolute Gasteiger partial charge is 0.416 e. The molecule has 0 bridgehead atoms. The Kier molecular flexibility index (Phi) is 4.29. The van der Waals surface area contributed by atoms with Crippen molar-refractivity contribution in [2.75, 3.05) is 14.1 Å². The van der Waals surface area contributed by atoms with Crippen molar-refractivity contribution < 1.29 is 13.9 Å². The van der Waals surface area contributed by atoms with Gasteiger partial charge in [-0.05, 0) is 24.3 Å². The Morgan fingerprint density at radius 2 is 1.75 bits per heavy atom. The maximum atomic E-state index is 13.2. The summed E-state index contributed by atoms with van der Waals surface area (Å²) in [7, 11) is 3.19. The third-order valence-corrected chi connectivity index (χ3v) is 3.37. The number of carbonyl (C=O) groups is 1. The van der Waals surface area contributed by atoms with Crippen LogP contribution >= 0.6 is 0 Å². The molecule has 122 valence electrons. The van der Waals surface area contributed by atoms with Gasteiger partial charge in [0.1, 0.15) is 5.82 Å². The van der Waals surface area contributed by atoms with Gasteiger partial charge in [0, 0.05) is 25.7 Å². The van der Waals surface area contributed by atoms with E-state index >= 15 is 0 Å². The lowest BCUT2D eigenvalue weighted by molar-refractivity contribution is 0.168. The molecule has 1 amide bonds. The molecule has 1 heterocycles. The fourth-order valence-corrected chi connectivity index (χ4v) is 2.13. The minimum absolute atomic E-state index is 0.263. The molecule has 24 heavy (non-hydrogen) atoms. The van der Waals surface area contributed by atoms with Gasteiger partial charge in [0.05, 0.1) is 11.4 Å². The molecule has 3 rings (SSSR count). The molecule has 0 radical (unpaired) electrons. The number of hydrogen-bond donors (Lipinski definition) is 0. The summed E-state index contributed by atoms with van der Waals surface area (Å²) < 4.78 is 20.0. The van der Waals surface area contributed by atoms with Gasteiger partial charge in [-0.25, -0.2) is 9.18 Å². The predicted molar refractivity (Wildman–Crippen MR) is 88.7 cm³/mol. The normalized spacial score (nSPS) is 10.5. The van der Waals surface area contributed by atoms with E-state index in [-0.39, 0.29) is 11.7 Å². The minimum atomic E-state index is -0.516. The zero-order valence-corrected chi connectivity index (χ0v) is 13.3. The van der Waals surface area contributed by atoms with Gasteiger partial charge in [-0.1, -0.05) is 30.3 Å². The zero-order chi connectivity index (χ0) is 17.1. The molecule has 6 heteroatoms. The van der Waals surface area contributed by atoms with Crippen molar-refractivity contribution in [1.29, 1.82) is 0 Å². The van der Waals surface area contributed by atoms with Gasteiger partial charge in [-0.2, -0.15) is 9.78 Å². The fourth-order valence-electron chi connectivity index (χ4n) is 2.13. The molecular formula is C18H16FN3O2. The van der Waals surface area contributed by atoms with E-state index in [1.54, 1.807) is 32.3 Å². The molecule has 0 N–H and O–H groups in total. The Hall–Kier alpha value is -3.15. The lowest BCUT2D eigenvalue weighted by Crippen LogP contribution is -2.26. The topological polar surface area (TPSA) is 47.4 Å². The number of amides is 1. The monoisotopic (exact) mass is 325 g/mol. The van der Waals surface area contributed by atoms with Crippen LogP contribution in [0.15, 0.2) is 60.7 Å². The van der Waals surface area contributed by atoms with E-state index in [0.29, 0.717) is 11.4 Å². The Labute approximate surface area is 138 Å². The summed E-state index contributed by atoms with van der Waals surface area (Å²) in [6.07, 6.45) is -0.516. The lowest BCUT2D eigenvalue weighted by Gasteiger charge is -2.11. The molecule has 2 aromatic carbocycles. The molecule has 0 unspecified atom stereocenters. The van der Waals surface area contributed by atoms with Crippen LogP contribution < -0.4 is 4.74 Å². The van der Waals surface area contributed by atoms with Crippen LogP contribution in [0, 0.1) is 5.82 Å². The number of rotatable bonds is 3. The SMILES string of the molecule is CN(C)C(=O)Oc1cc(-c2ccccc2)nn1-c1ccc(F)cc1. The summed E-state index contributed by atoms with van der Waals surface area (Å²) in [5.41, 5.74) is 2.14. The van der Waals surface area contributed by atoms with Crippen LogP contribution in [0.3, 0.4) is 0 Å². The van der Waals surface area contributed by atoms with Crippen LogP contribution in [0.4, 0.5) is 9.18 Å².